The van der Waals surface area contributed by atoms with Crippen molar-refractivity contribution < 1.29 is 0 Å². The monoisotopic (exact) mass is 305 g/mol. The van der Waals surface area contributed by atoms with Gasteiger partial charge in [-0.1, -0.05) is 17.7 Å². The van der Waals surface area contributed by atoms with Crippen LogP contribution in [0.1, 0.15) is 23.5 Å². The molecule has 20 heavy (non-hydrogen) atoms. The normalized spacial score (nSPS) is 13.2. The standard InChI is InChI=1S/C15H16ClN3S/c1-11(14-4-3-7-20-14)18(2)9-13-10-19-8-12(16)5-6-15(19)17-13/h3-8,10-11H,9H2,1-2H3. The number of fused-ring (bicyclic) bond motifs is 1. The van der Waals surface area contributed by atoms with Gasteiger partial charge in [-0.15, -0.1) is 11.3 Å². The Kier molecular flexibility index (Phi) is 3.78. The quantitative estimate of drug-likeness (QED) is 0.718. The first-order valence-corrected chi connectivity index (χ1v) is 7.76. The van der Waals surface area contributed by atoms with Gasteiger partial charge in [-0.25, -0.2) is 4.98 Å². The Hall–Kier alpha value is -1.36. The highest BCUT2D eigenvalue weighted by Gasteiger charge is 2.14. The highest BCUT2D eigenvalue weighted by atomic mass is 35.5. The van der Waals surface area contributed by atoms with Gasteiger partial charge in [-0.2, -0.15) is 0 Å². The summed E-state index contributed by atoms with van der Waals surface area (Å²) >= 11 is 7.79. The fourth-order valence-corrected chi connectivity index (χ4v) is 3.25. The van der Waals surface area contributed by atoms with E-state index in [-0.39, 0.29) is 0 Å². The van der Waals surface area contributed by atoms with Gasteiger partial charge < -0.3 is 4.40 Å². The average molecular weight is 306 g/mol. The van der Waals surface area contributed by atoms with Gasteiger partial charge in [-0.05, 0) is 37.6 Å². The number of nitrogens with zero attached hydrogens (tertiary/aromatic N) is 3. The van der Waals surface area contributed by atoms with Gasteiger partial charge in [0.15, 0.2) is 0 Å². The third-order valence-corrected chi connectivity index (χ3v) is 4.76. The third kappa shape index (κ3) is 2.73. The summed E-state index contributed by atoms with van der Waals surface area (Å²) in [6.07, 6.45) is 3.93. The van der Waals surface area contributed by atoms with Crippen molar-refractivity contribution in [2.45, 2.75) is 19.5 Å². The van der Waals surface area contributed by atoms with Gasteiger partial charge in [0.25, 0.3) is 0 Å². The zero-order valence-electron chi connectivity index (χ0n) is 11.5. The maximum Gasteiger partial charge on any atom is 0.137 e. The Balaban J connectivity index is 1.78. The van der Waals surface area contributed by atoms with Crippen LogP contribution in [0.15, 0.2) is 42.0 Å². The summed E-state index contributed by atoms with van der Waals surface area (Å²) in [6, 6.07) is 8.47. The fraction of sp³-hybridized carbons (Fsp3) is 0.267. The molecule has 3 aromatic rings. The molecule has 5 heteroatoms. The molecule has 0 bridgehead atoms. The number of halogens is 1. The van der Waals surface area contributed by atoms with Crippen molar-refractivity contribution in [3.8, 4) is 0 Å². The van der Waals surface area contributed by atoms with Crippen LogP contribution in [0.25, 0.3) is 5.65 Å². The van der Waals surface area contributed by atoms with Crippen LogP contribution in [0, 0.1) is 0 Å². The second kappa shape index (κ2) is 5.56. The van der Waals surface area contributed by atoms with E-state index in [2.05, 4.69) is 41.4 Å². The molecular weight excluding hydrogens is 290 g/mol. The van der Waals surface area contributed by atoms with Crippen LogP contribution in [0.5, 0.6) is 0 Å². The number of imidazole rings is 1. The molecule has 0 radical (unpaired) electrons. The van der Waals surface area contributed by atoms with Crippen molar-refractivity contribution in [3.05, 3.63) is 57.6 Å². The molecule has 0 saturated heterocycles. The SMILES string of the molecule is CC(c1cccs1)N(C)Cc1cn2cc(Cl)ccc2n1. The average Bonchev–Trinajstić information content (AvgIpc) is 3.05. The van der Waals surface area contributed by atoms with Crippen LogP contribution in [-0.4, -0.2) is 21.3 Å². The van der Waals surface area contributed by atoms with Crippen LogP contribution in [0.4, 0.5) is 0 Å². The Morgan fingerprint density at radius 1 is 1.35 bits per heavy atom. The van der Waals surface area contributed by atoms with Gasteiger partial charge in [0.1, 0.15) is 5.65 Å². The molecule has 1 atom stereocenters. The molecule has 3 heterocycles. The number of rotatable bonds is 4. The smallest absolute Gasteiger partial charge is 0.137 e. The lowest BCUT2D eigenvalue weighted by molar-refractivity contribution is 0.254. The van der Waals surface area contributed by atoms with Crippen LogP contribution < -0.4 is 0 Å². The van der Waals surface area contributed by atoms with Crippen molar-refractivity contribution >= 4 is 28.6 Å². The van der Waals surface area contributed by atoms with Crippen molar-refractivity contribution in [3.63, 3.8) is 0 Å². The van der Waals surface area contributed by atoms with Crippen LogP contribution >= 0.6 is 22.9 Å². The van der Waals surface area contributed by atoms with Gasteiger partial charge in [0, 0.05) is 29.9 Å². The number of pyridine rings is 1. The second-order valence-electron chi connectivity index (χ2n) is 4.95. The highest BCUT2D eigenvalue weighted by molar-refractivity contribution is 7.10. The number of hydrogen-bond donors (Lipinski definition) is 0. The molecule has 3 aromatic heterocycles. The molecule has 0 aliphatic rings. The lowest BCUT2D eigenvalue weighted by Crippen LogP contribution is -2.21. The predicted molar refractivity (Wildman–Crippen MR) is 84.4 cm³/mol. The zero-order chi connectivity index (χ0) is 14.1. The minimum absolute atomic E-state index is 0.392. The Labute approximate surface area is 127 Å². The minimum Gasteiger partial charge on any atom is -0.305 e. The van der Waals surface area contributed by atoms with Crippen molar-refractivity contribution in [2.75, 3.05) is 7.05 Å². The maximum atomic E-state index is 5.99. The highest BCUT2D eigenvalue weighted by Crippen LogP contribution is 2.24. The summed E-state index contributed by atoms with van der Waals surface area (Å²) in [7, 11) is 2.13. The van der Waals surface area contributed by atoms with Crippen LogP contribution in [0.3, 0.4) is 0 Å². The van der Waals surface area contributed by atoms with E-state index in [0.717, 1.165) is 22.9 Å². The molecule has 0 saturated carbocycles. The van der Waals surface area contributed by atoms with E-state index in [9.17, 15) is 0 Å². The molecule has 0 amide bonds. The van der Waals surface area contributed by atoms with E-state index >= 15 is 0 Å². The van der Waals surface area contributed by atoms with Gasteiger partial charge in [-0.3, -0.25) is 4.90 Å². The molecule has 0 N–H and O–H groups in total. The van der Waals surface area contributed by atoms with E-state index in [1.54, 1.807) is 11.3 Å². The molecule has 0 aliphatic carbocycles. The maximum absolute atomic E-state index is 5.99. The van der Waals surface area contributed by atoms with Gasteiger partial charge in [0.05, 0.1) is 10.7 Å². The predicted octanol–water partition coefficient (Wildman–Crippen LogP) is 4.24. The summed E-state index contributed by atoms with van der Waals surface area (Å²) in [4.78, 5) is 8.30. The van der Waals surface area contributed by atoms with Crippen molar-refractivity contribution in [1.29, 1.82) is 0 Å². The molecule has 3 rings (SSSR count). The third-order valence-electron chi connectivity index (χ3n) is 3.49. The van der Waals surface area contributed by atoms with E-state index in [4.69, 9.17) is 11.6 Å². The Morgan fingerprint density at radius 2 is 2.20 bits per heavy atom. The first-order valence-electron chi connectivity index (χ1n) is 6.50. The van der Waals surface area contributed by atoms with E-state index in [1.165, 1.54) is 4.88 Å². The zero-order valence-corrected chi connectivity index (χ0v) is 13.0. The lowest BCUT2D eigenvalue weighted by atomic mass is 10.2. The van der Waals surface area contributed by atoms with Crippen molar-refractivity contribution in [2.24, 2.45) is 0 Å². The molecule has 0 aromatic carbocycles. The van der Waals surface area contributed by atoms with Gasteiger partial charge >= 0.3 is 0 Å². The topological polar surface area (TPSA) is 20.5 Å². The summed E-state index contributed by atoms with van der Waals surface area (Å²) in [6.45, 7) is 3.04. The summed E-state index contributed by atoms with van der Waals surface area (Å²) in [5.41, 5.74) is 1.99. The Morgan fingerprint density at radius 3 is 2.95 bits per heavy atom. The molecule has 0 fully saturated rings. The minimum atomic E-state index is 0.392. The molecule has 0 aliphatic heterocycles. The summed E-state index contributed by atoms with van der Waals surface area (Å²) in [5, 5.41) is 2.84. The van der Waals surface area contributed by atoms with E-state index in [0.29, 0.717) is 6.04 Å². The second-order valence-corrected chi connectivity index (χ2v) is 6.37. The fourth-order valence-electron chi connectivity index (χ4n) is 2.23. The first kappa shape index (κ1) is 13.6. The van der Waals surface area contributed by atoms with E-state index < -0.39 is 0 Å². The van der Waals surface area contributed by atoms with E-state index in [1.807, 2.05) is 28.9 Å². The molecule has 0 spiro atoms. The molecule has 1 unspecified atom stereocenters. The summed E-state index contributed by atoms with van der Waals surface area (Å²) in [5.74, 6) is 0. The summed E-state index contributed by atoms with van der Waals surface area (Å²) < 4.78 is 1.97. The number of aromatic nitrogens is 2. The first-order chi connectivity index (χ1) is 9.63. The van der Waals surface area contributed by atoms with Gasteiger partial charge in [0.2, 0.25) is 0 Å². The number of thiophene rings is 1. The molecule has 104 valence electrons. The van der Waals surface area contributed by atoms with Crippen molar-refractivity contribution in [1.82, 2.24) is 14.3 Å². The largest absolute Gasteiger partial charge is 0.305 e. The lowest BCUT2D eigenvalue weighted by Gasteiger charge is -2.22. The number of hydrogen-bond acceptors (Lipinski definition) is 3. The van der Waals surface area contributed by atoms with Crippen LogP contribution in [-0.2, 0) is 6.54 Å². The molecule has 3 nitrogen and oxygen atoms in total. The van der Waals surface area contributed by atoms with Crippen LogP contribution in [0.2, 0.25) is 5.02 Å². The molecular formula is C15H16ClN3S. The Bertz CT molecular complexity index is 705.